The van der Waals surface area contributed by atoms with E-state index >= 15 is 0 Å². The van der Waals surface area contributed by atoms with Gasteiger partial charge < -0.3 is 5.11 Å². The van der Waals surface area contributed by atoms with Crippen molar-refractivity contribution in [3.8, 4) is 0 Å². The Morgan fingerprint density at radius 3 is 2.74 bits per heavy atom. The lowest BCUT2D eigenvalue weighted by molar-refractivity contribution is 0.267. The summed E-state index contributed by atoms with van der Waals surface area (Å²) in [5.74, 6) is -0.716. The van der Waals surface area contributed by atoms with Crippen LogP contribution in [0.5, 0.6) is 0 Å². The Labute approximate surface area is 114 Å². The van der Waals surface area contributed by atoms with Gasteiger partial charge in [-0.1, -0.05) is 0 Å². The Morgan fingerprint density at radius 2 is 2.16 bits per heavy atom. The van der Waals surface area contributed by atoms with Crippen LogP contribution in [-0.4, -0.2) is 31.1 Å². The molecule has 1 heterocycles. The minimum absolute atomic E-state index is 0.239. The third-order valence-corrected chi connectivity index (χ3v) is 5.55. The number of rotatable bonds is 4. The molecule has 0 amide bonds. The van der Waals surface area contributed by atoms with Crippen molar-refractivity contribution in [2.24, 2.45) is 0 Å². The number of thioether (sulfide) groups is 1. The molecule has 2 N–H and O–H groups in total. The number of halogens is 2. The average molecular weight is 309 g/mol. The van der Waals surface area contributed by atoms with Gasteiger partial charge in [-0.25, -0.2) is 21.9 Å². The van der Waals surface area contributed by atoms with Crippen LogP contribution in [-0.2, 0) is 16.6 Å². The second-order valence-corrected chi connectivity index (χ2v) is 7.01. The lowest BCUT2D eigenvalue weighted by atomic mass is 10.2. The molecule has 1 fully saturated rings. The molecule has 4 nitrogen and oxygen atoms in total. The zero-order valence-corrected chi connectivity index (χ0v) is 11.5. The fourth-order valence-electron chi connectivity index (χ4n) is 1.84. The molecule has 1 saturated heterocycles. The molecule has 106 valence electrons. The van der Waals surface area contributed by atoms with Gasteiger partial charge in [-0.2, -0.15) is 11.8 Å². The van der Waals surface area contributed by atoms with Gasteiger partial charge >= 0.3 is 0 Å². The number of aliphatic hydroxyl groups is 1. The van der Waals surface area contributed by atoms with Gasteiger partial charge in [-0.05, 0) is 24.3 Å². The second kappa shape index (κ2) is 5.74. The summed E-state index contributed by atoms with van der Waals surface area (Å²) >= 11 is 1.61. The Morgan fingerprint density at radius 1 is 1.42 bits per heavy atom. The Balaban J connectivity index is 2.34. The lowest BCUT2D eigenvalue weighted by Crippen LogP contribution is -2.35. The quantitative estimate of drug-likeness (QED) is 0.878. The zero-order chi connectivity index (χ0) is 14.0. The minimum atomic E-state index is -4.04. The monoisotopic (exact) mass is 309 g/mol. The van der Waals surface area contributed by atoms with Crippen molar-refractivity contribution in [2.45, 2.75) is 24.0 Å². The van der Waals surface area contributed by atoms with Crippen molar-refractivity contribution >= 4 is 21.8 Å². The van der Waals surface area contributed by atoms with Crippen LogP contribution in [0.4, 0.5) is 8.78 Å². The van der Waals surface area contributed by atoms with E-state index in [1.165, 1.54) is 0 Å². The molecule has 1 atom stereocenters. The smallest absolute Gasteiger partial charge is 0.243 e. The van der Waals surface area contributed by atoms with Gasteiger partial charge in [-0.15, -0.1) is 0 Å². The van der Waals surface area contributed by atoms with Crippen molar-refractivity contribution in [2.75, 3.05) is 11.5 Å². The molecule has 0 saturated carbocycles. The van der Waals surface area contributed by atoms with E-state index in [-0.39, 0.29) is 6.04 Å². The maximum absolute atomic E-state index is 13.9. The van der Waals surface area contributed by atoms with Gasteiger partial charge in [0.1, 0.15) is 10.7 Å². The molecule has 0 bridgehead atoms. The SMILES string of the molecule is O=S(=O)(NC1CCSC1)c1ccc(F)c(CO)c1F. The van der Waals surface area contributed by atoms with Gasteiger partial charge in [0.25, 0.3) is 0 Å². The van der Waals surface area contributed by atoms with Gasteiger partial charge in [0, 0.05) is 11.8 Å². The van der Waals surface area contributed by atoms with Crippen LogP contribution in [0.25, 0.3) is 0 Å². The number of aliphatic hydroxyl groups excluding tert-OH is 1. The highest BCUT2D eigenvalue weighted by Gasteiger charge is 2.27. The highest BCUT2D eigenvalue weighted by Crippen LogP contribution is 2.23. The zero-order valence-electron chi connectivity index (χ0n) is 9.90. The summed E-state index contributed by atoms with van der Waals surface area (Å²) < 4.78 is 53.5. The van der Waals surface area contributed by atoms with E-state index in [0.29, 0.717) is 12.2 Å². The molecule has 1 aliphatic rings. The van der Waals surface area contributed by atoms with E-state index in [4.69, 9.17) is 5.11 Å². The molecule has 19 heavy (non-hydrogen) atoms. The standard InChI is InChI=1S/C11H13F2NO3S2/c12-9-1-2-10(11(13)8(9)5-15)19(16,17)14-7-3-4-18-6-7/h1-2,7,14-15H,3-6H2. The van der Waals surface area contributed by atoms with Crippen molar-refractivity contribution in [1.29, 1.82) is 0 Å². The minimum Gasteiger partial charge on any atom is -0.391 e. The summed E-state index contributed by atoms with van der Waals surface area (Å²) in [5.41, 5.74) is -0.635. The molecule has 1 unspecified atom stereocenters. The third kappa shape index (κ3) is 3.07. The second-order valence-electron chi connectivity index (χ2n) is 4.18. The number of nitrogens with one attached hydrogen (secondary N) is 1. The van der Waals surface area contributed by atoms with Crippen LogP contribution < -0.4 is 4.72 Å². The van der Waals surface area contributed by atoms with E-state index in [0.717, 1.165) is 17.9 Å². The van der Waals surface area contributed by atoms with Crippen molar-refractivity contribution < 1.29 is 22.3 Å². The first-order chi connectivity index (χ1) is 8.95. The number of hydrogen-bond acceptors (Lipinski definition) is 4. The molecule has 1 aromatic rings. The van der Waals surface area contributed by atoms with Crippen molar-refractivity contribution in [3.63, 3.8) is 0 Å². The maximum atomic E-state index is 13.9. The topological polar surface area (TPSA) is 66.4 Å². The largest absolute Gasteiger partial charge is 0.391 e. The predicted octanol–water partition coefficient (Wildman–Crippen LogP) is 1.24. The molecule has 0 radical (unpaired) electrons. The molecule has 0 aromatic heterocycles. The van der Waals surface area contributed by atoms with Crippen LogP contribution in [0.3, 0.4) is 0 Å². The molecule has 1 aromatic carbocycles. The van der Waals surface area contributed by atoms with E-state index < -0.39 is 38.7 Å². The summed E-state index contributed by atoms with van der Waals surface area (Å²) in [6, 6.07) is 1.47. The summed E-state index contributed by atoms with van der Waals surface area (Å²) in [5, 5.41) is 8.88. The van der Waals surface area contributed by atoms with E-state index in [1.807, 2.05) is 0 Å². The van der Waals surface area contributed by atoms with Crippen molar-refractivity contribution in [1.82, 2.24) is 4.72 Å². The first-order valence-electron chi connectivity index (χ1n) is 5.63. The van der Waals surface area contributed by atoms with Crippen LogP contribution in [0.15, 0.2) is 17.0 Å². The Hall–Kier alpha value is -0.700. The molecule has 8 heteroatoms. The normalized spacial score (nSPS) is 19.8. The summed E-state index contributed by atoms with van der Waals surface area (Å²) in [6.45, 7) is -0.889. The molecule has 0 aliphatic carbocycles. The fourth-order valence-corrected chi connectivity index (χ4v) is 4.47. The van der Waals surface area contributed by atoms with Crippen LogP contribution in [0.1, 0.15) is 12.0 Å². The molecular formula is C11H13F2NO3S2. The third-order valence-electron chi connectivity index (χ3n) is 2.85. The first-order valence-corrected chi connectivity index (χ1v) is 8.27. The van der Waals surface area contributed by atoms with Crippen LogP contribution >= 0.6 is 11.8 Å². The number of benzene rings is 1. The fraction of sp³-hybridized carbons (Fsp3) is 0.455. The number of sulfonamides is 1. The van der Waals surface area contributed by atoms with Crippen LogP contribution in [0, 0.1) is 11.6 Å². The predicted molar refractivity (Wildman–Crippen MR) is 68.3 cm³/mol. The van der Waals surface area contributed by atoms with Gasteiger partial charge in [0.05, 0.1) is 12.2 Å². The van der Waals surface area contributed by atoms with E-state index in [1.54, 1.807) is 11.8 Å². The molecule has 1 aliphatic heterocycles. The maximum Gasteiger partial charge on any atom is 0.243 e. The molecular weight excluding hydrogens is 296 g/mol. The van der Waals surface area contributed by atoms with E-state index in [9.17, 15) is 17.2 Å². The van der Waals surface area contributed by atoms with Gasteiger partial charge in [0.15, 0.2) is 5.82 Å². The van der Waals surface area contributed by atoms with Gasteiger partial charge in [0.2, 0.25) is 10.0 Å². The highest BCUT2D eigenvalue weighted by atomic mass is 32.2. The first kappa shape index (κ1) is 14.7. The number of hydrogen-bond donors (Lipinski definition) is 2. The molecule has 2 rings (SSSR count). The highest BCUT2D eigenvalue weighted by molar-refractivity contribution is 7.99. The summed E-state index contributed by atoms with van der Waals surface area (Å²) in [6.07, 6.45) is 0.680. The van der Waals surface area contributed by atoms with Crippen LogP contribution in [0.2, 0.25) is 0 Å². The molecule has 0 spiro atoms. The lowest BCUT2D eigenvalue weighted by Gasteiger charge is -2.13. The summed E-state index contributed by atoms with van der Waals surface area (Å²) in [7, 11) is -4.04. The van der Waals surface area contributed by atoms with Crippen molar-refractivity contribution in [3.05, 3.63) is 29.3 Å². The van der Waals surface area contributed by atoms with E-state index in [2.05, 4.69) is 4.72 Å². The Bertz CT molecular complexity index is 572. The summed E-state index contributed by atoms with van der Waals surface area (Å²) in [4.78, 5) is -0.630. The van der Waals surface area contributed by atoms with Gasteiger partial charge in [-0.3, -0.25) is 0 Å². The average Bonchev–Trinajstić information content (AvgIpc) is 2.81. The Kier molecular flexibility index (Phi) is 4.44.